The molecule has 0 saturated heterocycles. The van der Waals surface area contributed by atoms with Gasteiger partial charge in [-0.05, 0) is 32.2 Å². The Morgan fingerprint density at radius 1 is 1.04 bits per heavy atom. The van der Waals surface area contributed by atoms with E-state index in [1.807, 2.05) is 42.5 Å². The molecule has 0 aliphatic carbocycles. The minimum absolute atomic E-state index is 0.299. The van der Waals surface area contributed by atoms with Gasteiger partial charge in [0.2, 0.25) is 0 Å². The van der Waals surface area contributed by atoms with Crippen LogP contribution in [0.1, 0.15) is 28.5 Å². The summed E-state index contributed by atoms with van der Waals surface area (Å²) in [5, 5.41) is 7.62. The number of aromatic amines is 1. The lowest BCUT2D eigenvalue weighted by Gasteiger charge is -2.10. The van der Waals surface area contributed by atoms with Gasteiger partial charge in [-0.1, -0.05) is 36.4 Å². The maximum atomic E-state index is 12.4. The highest BCUT2D eigenvalue weighted by Crippen LogP contribution is 2.25. The normalized spacial score (nSPS) is 10.6. The average molecular weight is 351 g/mol. The van der Waals surface area contributed by atoms with Crippen molar-refractivity contribution in [2.75, 3.05) is 17.2 Å². The lowest BCUT2D eigenvalue weighted by molar-refractivity contribution is 0.0525. The standard InChI is InChI=1S/C20H21N3O3/c1-4-26-19(24)17-12(2)18(21-13(17)3)23-20(25)22-16-11-7-9-14-8-5-6-10-15(14)16/h5-11,21H,4H2,1-3H3,(H2,22,23,25). The quantitative estimate of drug-likeness (QED) is 0.600. The molecule has 2 amide bonds. The van der Waals surface area contributed by atoms with E-state index in [2.05, 4.69) is 15.6 Å². The third-order valence-corrected chi connectivity index (χ3v) is 4.19. The number of nitrogens with one attached hydrogen (secondary N) is 3. The Morgan fingerprint density at radius 2 is 1.77 bits per heavy atom. The number of anilines is 2. The summed E-state index contributed by atoms with van der Waals surface area (Å²) in [6.07, 6.45) is 0. The molecule has 1 heterocycles. The van der Waals surface area contributed by atoms with Gasteiger partial charge < -0.3 is 15.0 Å². The molecule has 2 aromatic carbocycles. The highest BCUT2D eigenvalue weighted by atomic mass is 16.5. The molecule has 3 aromatic rings. The summed E-state index contributed by atoms with van der Waals surface area (Å²) in [6, 6.07) is 13.2. The van der Waals surface area contributed by atoms with E-state index in [1.54, 1.807) is 20.8 Å². The smallest absolute Gasteiger partial charge is 0.340 e. The van der Waals surface area contributed by atoms with Crippen LogP contribution in [0.25, 0.3) is 10.8 Å². The molecule has 0 unspecified atom stereocenters. The molecule has 0 aliphatic rings. The summed E-state index contributed by atoms with van der Waals surface area (Å²) in [5.41, 5.74) is 2.47. The second-order valence-corrected chi connectivity index (χ2v) is 5.95. The number of rotatable bonds is 4. The number of benzene rings is 2. The van der Waals surface area contributed by atoms with Gasteiger partial charge in [0.05, 0.1) is 17.9 Å². The van der Waals surface area contributed by atoms with Crippen LogP contribution in [0, 0.1) is 13.8 Å². The predicted molar refractivity (Wildman–Crippen MR) is 103 cm³/mol. The third kappa shape index (κ3) is 3.39. The van der Waals surface area contributed by atoms with Crippen LogP contribution in [0.2, 0.25) is 0 Å². The van der Waals surface area contributed by atoms with Gasteiger partial charge in [0.1, 0.15) is 5.82 Å². The molecule has 1 aromatic heterocycles. The first-order valence-corrected chi connectivity index (χ1v) is 8.43. The van der Waals surface area contributed by atoms with Crippen LogP contribution >= 0.6 is 0 Å². The first-order chi connectivity index (χ1) is 12.5. The summed E-state index contributed by atoms with van der Waals surface area (Å²) in [6.45, 7) is 5.59. The highest BCUT2D eigenvalue weighted by Gasteiger charge is 2.20. The fourth-order valence-corrected chi connectivity index (χ4v) is 2.99. The average Bonchev–Trinajstić information content (AvgIpc) is 2.89. The zero-order valence-electron chi connectivity index (χ0n) is 15.0. The summed E-state index contributed by atoms with van der Waals surface area (Å²) >= 11 is 0. The Bertz CT molecular complexity index is 970. The van der Waals surface area contributed by atoms with Crippen LogP contribution in [0.15, 0.2) is 42.5 Å². The molecule has 3 N–H and O–H groups in total. The van der Waals surface area contributed by atoms with Crippen molar-refractivity contribution >= 4 is 34.3 Å². The van der Waals surface area contributed by atoms with Gasteiger partial charge >= 0.3 is 12.0 Å². The molecular formula is C20H21N3O3. The highest BCUT2D eigenvalue weighted by molar-refractivity contribution is 6.06. The van der Waals surface area contributed by atoms with Gasteiger partial charge in [-0.2, -0.15) is 0 Å². The molecule has 0 spiro atoms. The van der Waals surface area contributed by atoms with Crippen molar-refractivity contribution in [1.82, 2.24) is 4.98 Å². The number of urea groups is 1. The number of carbonyl (C=O) groups is 2. The van der Waals surface area contributed by atoms with Crippen molar-refractivity contribution in [2.45, 2.75) is 20.8 Å². The maximum absolute atomic E-state index is 12.4. The van der Waals surface area contributed by atoms with E-state index in [0.29, 0.717) is 34.9 Å². The Balaban J connectivity index is 1.80. The van der Waals surface area contributed by atoms with Crippen molar-refractivity contribution in [3.8, 4) is 0 Å². The van der Waals surface area contributed by atoms with Crippen LogP contribution in [-0.2, 0) is 4.74 Å². The largest absolute Gasteiger partial charge is 0.462 e. The summed E-state index contributed by atoms with van der Waals surface area (Å²) < 4.78 is 5.06. The van der Waals surface area contributed by atoms with Gasteiger partial charge in [-0.3, -0.25) is 5.32 Å². The van der Waals surface area contributed by atoms with E-state index >= 15 is 0 Å². The number of esters is 1. The topological polar surface area (TPSA) is 83.2 Å². The van der Waals surface area contributed by atoms with E-state index in [1.165, 1.54) is 0 Å². The van der Waals surface area contributed by atoms with E-state index < -0.39 is 5.97 Å². The summed E-state index contributed by atoms with van der Waals surface area (Å²) in [7, 11) is 0. The lowest BCUT2D eigenvalue weighted by atomic mass is 10.1. The number of hydrogen-bond acceptors (Lipinski definition) is 3. The van der Waals surface area contributed by atoms with E-state index in [0.717, 1.165) is 10.8 Å². The van der Waals surface area contributed by atoms with E-state index in [-0.39, 0.29) is 6.03 Å². The lowest BCUT2D eigenvalue weighted by Crippen LogP contribution is -2.20. The molecule has 0 aliphatic heterocycles. The van der Waals surface area contributed by atoms with Crippen molar-refractivity contribution in [2.24, 2.45) is 0 Å². The zero-order chi connectivity index (χ0) is 18.7. The molecular weight excluding hydrogens is 330 g/mol. The number of carbonyl (C=O) groups excluding carboxylic acids is 2. The van der Waals surface area contributed by atoms with Crippen molar-refractivity contribution < 1.29 is 14.3 Å². The van der Waals surface area contributed by atoms with Crippen LogP contribution in [0.3, 0.4) is 0 Å². The van der Waals surface area contributed by atoms with Crippen molar-refractivity contribution in [3.05, 3.63) is 59.3 Å². The van der Waals surface area contributed by atoms with Crippen LogP contribution < -0.4 is 10.6 Å². The van der Waals surface area contributed by atoms with E-state index in [9.17, 15) is 9.59 Å². The first kappa shape index (κ1) is 17.5. The molecule has 0 radical (unpaired) electrons. The second-order valence-electron chi connectivity index (χ2n) is 5.95. The minimum Gasteiger partial charge on any atom is -0.462 e. The van der Waals surface area contributed by atoms with Crippen molar-refractivity contribution in [1.29, 1.82) is 0 Å². The monoisotopic (exact) mass is 351 g/mol. The fourth-order valence-electron chi connectivity index (χ4n) is 2.99. The van der Waals surface area contributed by atoms with Gasteiger partial charge in [-0.25, -0.2) is 9.59 Å². The SMILES string of the molecule is CCOC(=O)c1c(C)[nH]c(NC(=O)Nc2cccc3ccccc23)c1C. The van der Waals surface area contributed by atoms with Gasteiger partial charge in [0.25, 0.3) is 0 Å². The number of aryl methyl sites for hydroxylation is 1. The maximum Gasteiger partial charge on any atom is 0.340 e. The molecule has 6 nitrogen and oxygen atoms in total. The Hall–Kier alpha value is -3.28. The fraction of sp³-hybridized carbons (Fsp3) is 0.200. The summed E-state index contributed by atoms with van der Waals surface area (Å²) in [4.78, 5) is 27.5. The number of H-pyrrole nitrogens is 1. The number of ether oxygens (including phenoxy) is 1. The van der Waals surface area contributed by atoms with E-state index in [4.69, 9.17) is 4.74 Å². The first-order valence-electron chi connectivity index (χ1n) is 8.43. The molecule has 0 fully saturated rings. The van der Waals surface area contributed by atoms with Crippen LogP contribution in [0.4, 0.5) is 16.3 Å². The molecule has 3 rings (SSSR count). The number of amides is 2. The number of fused-ring (bicyclic) bond motifs is 1. The van der Waals surface area contributed by atoms with Crippen LogP contribution in [0.5, 0.6) is 0 Å². The second kappa shape index (κ2) is 7.31. The van der Waals surface area contributed by atoms with Gasteiger partial charge in [0, 0.05) is 16.6 Å². The Labute approximate surface area is 151 Å². The predicted octanol–water partition coefficient (Wildman–Crippen LogP) is 4.61. The van der Waals surface area contributed by atoms with Crippen molar-refractivity contribution in [3.63, 3.8) is 0 Å². The molecule has 134 valence electrons. The van der Waals surface area contributed by atoms with Gasteiger partial charge in [-0.15, -0.1) is 0 Å². The third-order valence-electron chi connectivity index (χ3n) is 4.19. The molecule has 0 atom stereocenters. The molecule has 0 bridgehead atoms. The molecule has 6 heteroatoms. The number of hydrogen-bond donors (Lipinski definition) is 3. The Kier molecular flexibility index (Phi) is 4.93. The number of aromatic nitrogens is 1. The van der Waals surface area contributed by atoms with Gasteiger partial charge in [0.15, 0.2) is 0 Å². The minimum atomic E-state index is -0.402. The summed E-state index contributed by atoms with van der Waals surface area (Å²) in [5.74, 6) is 0.0737. The zero-order valence-corrected chi connectivity index (χ0v) is 15.0. The molecule has 26 heavy (non-hydrogen) atoms. The van der Waals surface area contributed by atoms with Crippen LogP contribution in [-0.4, -0.2) is 23.6 Å². The Morgan fingerprint density at radius 3 is 2.54 bits per heavy atom. The molecule has 0 saturated carbocycles.